The van der Waals surface area contributed by atoms with Crippen LogP contribution in [0.2, 0.25) is 0 Å². The highest BCUT2D eigenvalue weighted by Crippen LogP contribution is 2.37. The van der Waals surface area contributed by atoms with Crippen molar-refractivity contribution in [3.63, 3.8) is 0 Å². The van der Waals surface area contributed by atoms with Crippen LogP contribution in [-0.4, -0.2) is 40.8 Å². The predicted molar refractivity (Wildman–Crippen MR) is 84.0 cm³/mol. The highest BCUT2D eigenvalue weighted by molar-refractivity contribution is 5.87. The third kappa shape index (κ3) is 3.17. The Morgan fingerprint density at radius 1 is 1.35 bits per heavy atom. The van der Waals surface area contributed by atoms with Crippen molar-refractivity contribution >= 4 is 12.1 Å². The van der Waals surface area contributed by atoms with Gasteiger partial charge in [-0.2, -0.15) is 0 Å². The van der Waals surface area contributed by atoms with Crippen LogP contribution < -0.4 is 0 Å². The van der Waals surface area contributed by atoms with Crippen molar-refractivity contribution in [2.24, 2.45) is 0 Å². The van der Waals surface area contributed by atoms with E-state index >= 15 is 0 Å². The number of carbonyl (C=O) groups is 2. The number of carbonyl (C=O) groups excluding carboxylic acids is 1. The number of hydrogen-bond donors (Lipinski definition) is 1. The number of carboxylic acids is 1. The van der Waals surface area contributed by atoms with Crippen LogP contribution in [0.3, 0.4) is 0 Å². The number of hydrogen-bond acceptors (Lipinski definition) is 4. The number of carboxylic acid groups (broad SMARTS) is 1. The molecule has 6 nitrogen and oxygen atoms in total. The minimum absolute atomic E-state index is 0.105. The van der Waals surface area contributed by atoms with Crippen molar-refractivity contribution in [1.82, 2.24) is 4.90 Å². The molecule has 0 aromatic heterocycles. The molecule has 1 heterocycles. The van der Waals surface area contributed by atoms with Gasteiger partial charge in [-0.1, -0.05) is 24.3 Å². The first kappa shape index (κ1) is 17.3. The fraction of sp³-hybridized carbons (Fsp3) is 0.529. The molecule has 1 N–H and O–H groups in total. The Morgan fingerprint density at radius 3 is 2.57 bits per heavy atom. The van der Waals surface area contributed by atoms with E-state index in [9.17, 15) is 14.7 Å². The molecular formula is C17H23NO5. The van der Waals surface area contributed by atoms with Gasteiger partial charge in [0.2, 0.25) is 0 Å². The van der Waals surface area contributed by atoms with Crippen LogP contribution in [0.5, 0.6) is 0 Å². The van der Waals surface area contributed by atoms with Gasteiger partial charge in [0.25, 0.3) is 0 Å². The SMILES string of the molecule is CCN(C(=O)OC(C)(C)C)C1(C(=O)O)COCc2ccccc21. The van der Waals surface area contributed by atoms with E-state index in [1.807, 2.05) is 12.1 Å². The first-order valence-electron chi connectivity index (χ1n) is 7.62. The molecule has 0 saturated heterocycles. The Balaban J connectivity index is 2.53. The van der Waals surface area contributed by atoms with Gasteiger partial charge in [0.05, 0.1) is 13.2 Å². The topological polar surface area (TPSA) is 76.1 Å². The van der Waals surface area contributed by atoms with Gasteiger partial charge in [-0.25, -0.2) is 9.59 Å². The van der Waals surface area contributed by atoms with Crippen molar-refractivity contribution in [2.45, 2.75) is 45.4 Å². The van der Waals surface area contributed by atoms with Gasteiger partial charge in [0.15, 0.2) is 5.54 Å². The maximum Gasteiger partial charge on any atom is 0.411 e. The molecule has 0 radical (unpaired) electrons. The molecule has 1 amide bonds. The second kappa shape index (κ2) is 6.20. The Kier molecular flexibility index (Phi) is 4.66. The molecule has 0 fully saturated rings. The van der Waals surface area contributed by atoms with Gasteiger partial charge < -0.3 is 14.6 Å². The zero-order chi connectivity index (χ0) is 17.3. The fourth-order valence-corrected chi connectivity index (χ4v) is 2.82. The molecule has 2 rings (SSSR count). The average Bonchev–Trinajstić information content (AvgIpc) is 2.46. The lowest BCUT2D eigenvalue weighted by atomic mass is 9.84. The van der Waals surface area contributed by atoms with Crippen LogP contribution in [0, 0.1) is 0 Å². The van der Waals surface area contributed by atoms with E-state index in [2.05, 4.69) is 0 Å². The number of aliphatic carboxylic acids is 1. The number of nitrogens with zero attached hydrogens (tertiary/aromatic N) is 1. The first-order chi connectivity index (χ1) is 10.7. The second-order valence-corrected chi connectivity index (χ2v) is 6.54. The summed E-state index contributed by atoms with van der Waals surface area (Å²) in [4.78, 5) is 26.0. The Hall–Kier alpha value is -2.08. The van der Waals surface area contributed by atoms with Crippen LogP contribution in [-0.2, 0) is 26.4 Å². The summed E-state index contributed by atoms with van der Waals surface area (Å²) in [5.41, 5.74) is -0.944. The molecular weight excluding hydrogens is 298 g/mol. The zero-order valence-corrected chi connectivity index (χ0v) is 14.0. The molecule has 126 valence electrons. The number of benzene rings is 1. The van der Waals surface area contributed by atoms with Crippen molar-refractivity contribution in [2.75, 3.05) is 13.2 Å². The average molecular weight is 321 g/mol. The van der Waals surface area contributed by atoms with Gasteiger partial charge in [-0.3, -0.25) is 4.90 Å². The van der Waals surface area contributed by atoms with E-state index < -0.39 is 23.2 Å². The van der Waals surface area contributed by atoms with Crippen molar-refractivity contribution in [1.29, 1.82) is 0 Å². The minimum Gasteiger partial charge on any atom is -0.479 e. The molecule has 0 saturated carbocycles. The first-order valence-corrected chi connectivity index (χ1v) is 7.62. The lowest BCUT2D eigenvalue weighted by Gasteiger charge is -2.43. The van der Waals surface area contributed by atoms with E-state index in [4.69, 9.17) is 9.47 Å². The molecule has 0 spiro atoms. The summed E-state index contributed by atoms with van der Waals surface area (Å²) >= 11 is 0. The molecule has 1 atom stereocenters. The van der Waals surface area contributed by atoms with Crippen molar-refractivity contribution in [3.05, 3.63) is 35.4 Å². The second-order valence-electron chi connectivity index (χ2n) is 6.54. The molecule has 0 bridgehead atoms. The van der Waals surface area contributed by atoms with Crippen LogP contribution in [0.15, 0.2) is 24.3 Å². The standard InChI is InChI=1S/C17H23NO5/c1-5-18(15(21)23-16(2,3)4)17(14(19)20)11-22-10-12-8-6-7-9-13(12)17/h6-9H,5,10-11H2,1-4H3,(H,19,20). The number of amides is 1. The molecule has 6 heteroatoms. The summed E-state index contributed by atoms with van der Waals surface area (Å²) in [6.07, 6.45) is -0.664. The maximum absolute atomic E-state index is 12.6. The van der Waals surface area contributed by atoms with Crippen molar-refractivity contribution < 1.29 is 24.2 Å². The minimum atomic E-state index is -1.58. The monoisotopic (exact) mass is 321 g/mol. The number of fused-ring (bicyclic) bond motifs is 1. The Labute approximate surface area is 136 Å². The largest absolute Gasteiger partial charge is 0.479 e. The maximum atomic E-state index is 12.6. The van der Waals surface area contributed by atoms with Gasteiger partial charge in [0.1, 0.15) is 5.60 Å². The Bertz CT molecular complexity index is 607. The van der Waals surface area contributed by atoms with E-state index in [1.54, 1.807) is 39.8 Å². The molecule has 1 aliphatic heterocycles. The summed E-state index contributed by atoms with van der Waals surface area (Å²) in [6.45, 7) is 7.39. The molecule has 1 aliphatic rings. The number of likely N-dealkylation sites (N-methyl/N-ethyl adjacent to an activating group) is 1. The van der Waals surface area contributed by atoms with Crippen LogP contribution >= 0.6 is 0 Å². The summed E-state index contributed by atoms with van der Waals surface area (Å²) in [5, 5.41) is 9.95. The van der Waals surface area contributed by atoms with Gasteiger partial charge in [-0.15, -0.1) is 0 Å². The summed E-state index contributed by atoms with van der Waals surface area (Å²) < 4.78 is 10.9. The van der Waals surface area contributed by atoms with Crippen molar-refractivity contribution in [3.8, 4) is 0 Å². The van der Waals surface area contributed by atoms with Crippen LogP contribution in [0.4, 0.5) is 4.79 Å². The quantitative estimate of drug-likeness (QED) is 0.926. The van der Waals surface area contributed by atoms with Crippen LogP contribution in [0.25, 0.3) is 0 Å². The third-order valence-electron chi connectivity index (χ3n) is 3.78. The lowest BCUT2D eigenvalue weighted by Crippen LogP contribution is -2.59. The van der Waals surface area contributed by atoms with Gasteiger partial charge in [0, 0.05) is 6.54 Å². The number of rotatable bonds is 3. The molecule has 1 unspecified atom stereocenters. The molecule has 1 aromatic rings. The van der Waals surface area contributed by atoms with E-state index in [1.165, 1.54) is 4.90 Å². The summed E-state index contributed by atoms with van der Waals surface area (Å²) in [5.74, 6) is -1.13. The molecule has 23 heavy (non-hydrogen) atoms. The van der Waals surface area contributed by atoms with E-state index in [0.717, 1.165) is 5.56 Å². The predicted octanol–water partition coefficient (Wildman–Crippen LogP) is 2.75. The molecule has 0 aliphatic carbocycles. The van der Waals surface area contributed by atoms with Gasteiger partial charge in [-0.05, 0) is 38.8 Å². The van der Waals surface area contributed by atoms with E-state index in [-0.39, 0.29) is 13.2 Å². The van der Waals surface area contributed by atoms with E-state index in [0.29, 0.717) is 12.2 Å². The highest BCUT2D eigenvalue weighted by Gasteiger charge is 2.52. The Morgan fingerprint density at radius 2 is 2.00 bits per heavy atom. The zero-order valence-electron chi connectivity index (χ0n) is 14.0. The van der Waals surface area contributed by atoms with Crippen LogP contribution in [0.1, 0.15) is 38.8 Å². The molecule has 1 aromatic carbocycles. The summed E-state index contributed by atoms with van der Waals surface area (Å²) in [7, 11) is 0. The third-order valence-corrected chi connectivity index (χ3v) is 3.78. The lowest BCUT2D eigenvalue weighted by molar-refractivity contribution is -0.159. The number of ether oxygens (including phenoxy) is 2. The highest BCUT2D eigenvalue weighted by atomic mass is 16.6. The fourth-order valence-electron chi connectivity index (χ4n) is 2.82. The van der Waals surface area contributed by atoms with Gasteiger partial charge >= 0.3 is 12.1 Å². The smallest absolute Gasteiger partial charge is 0.411 e. The summed E-state index contributed by atoms with van der Waals surface area (Å²) in [6, 6.07) is 7.14. The normalized spacial score (nSPS) is 20.5.